The molecule has 162 valence electrons. The minimum absolute atomic E-state index is 0.235. The van der Waals surface area contributed by atoms with Crippen molar-refractivity contribution >= 4 is 5.91 Å². The van der Waals surface area contributed by atoms with E-state index < -0.39 is 0 Å². The molecule has 0 aromatic heterocycles. The lowest BCUT2D eigenvalue weighted by molar-refractivity contribution is -0.121. The van der Waals surface area contributed by atoms with Crippen LogP contribution in [0.1, 0.15) is 122 Å². The fourth-order valence-corrected chi connectivity index (χ4v) is 3.55. The smallest absolute Gasteiger partial charge is 0.219 e. The zero-order valence-corrected chi connectivity index (χ0v) is 19.0. The Bertz CT molecular complexity index is 305. The Kier molecular flexibility index (Phi) is 21.3. The van der Waals surface area contributed by atoms with E-state index in [9.17, 15) is 4.79 Å². The number of amides is 1. The normalized spacial score (nSPS) is 11.3. The molecule has 0 aliphatic carbocycles. The summed E-state index contributed by atoms with van der Waals surface area (Å²) in [4.78, 5) is 13.9. The number of carbonyl (C=O) groups excluding carboxylic acids is 1. The average molecular weight is 383 g/mol. The lowest BCUT2D eigenvalue weighted by Crippen LogP contribution is -2.26. The van der Waals surface area contributed by atoms with Crippen molar-refractivity contribution < 1.29 is 4.79 Å². The van der Waals surface area contributed by atoms with Crippen LogP contribution in [0, 0.1) is 0 Å². The minimum atomic E-state index is 0.235. The molecule has 0 rings (SSSR count). The van der Waals surface area contributed by atoms with E-state index in [4.69, 9.17) is 0 Å². The van der Waals surface area contributed by atoms with Gasteiger partial charge in [0.1, 0.15) is 0 Å². The van der Waals surface area contributed by atoms with E-state index in [0.717, 1.165) is 25.9 Å². The van der Waals surface area contributed by atoms with Crippen molar-refractivity contribution in [2.75, 3.05) is 27.2 Å². The molecule has 1 amide bonds. The molecule has 0 radical (unpaired) electrons. The van der Waals surface area contributed by atoms with E-state index in [2.05, 4.69) is 31.2 Å². The van der Waals surface area contributed by atoms with Crippen LogP contribution < -0.4 is 5.32 Å². The van der Waals surface area contributed by atoms with Gasteiger partial charge in [0, 0.05) is 13.0 Å². The molecule has 0 unspecified atom stereocenters. The van der Waals surface area contributed by atoms with Crippen molar-refractivity contribution in [3.63, 3.8) is 0 Å². The Hall–Kier alpha value is -0.570. The number of nitrogens with one attached hydrogen (secondary N) is 1. The van der Waals surface area contributed by atoms with E-state index in [1.807, 2.05) is 0 Å². The molecule has 0 saturated carbocycles. The highest BCUT2D eigenvalue weighted by molar-refractivity contribution is 5.75. The molecule has 3 nitrogen and oxygen atoms in total. The van der Waals surface area contributed by atoms with Gasteiger partial charge in [0.15, 0.2) is 0 Å². The van der Waals surface area contributed by atoms with E-state index in [1.54, 1.807) is 0 Å². The van der Waals surface area contributed by atoms with Crippen molar-refractivity contribution in [3.8, 4) is 0 Å². The third-order valence-corrected chi connectivity index (χ3v) is 5.36. The lowest BCUT2D eigenvalue weighted by atomic mass is 10.0. The van der Waals surface area contributed by atoms with Crippen molar-refractivity contribution in [1.82, 2.24) is 10.2 Å². The highest BCUT2D eigenvalue weighted by Crippen LogP contribution is 2.13. The van der Waals surface area contributed by atoms with Crippen molar-refractivity contribution in [1.29, 1.82) is 0 Å². The van der Waals surface area contributed by atoms with Crippen LogP contribution in [0.25, 0.3) is 0 Å². The van der Waals surface area contributed by atoms with Crippen LogP contribution in [0.2, 0.25) is 0 Å². The number of hydrogen-bond acceptors (Lipinski definition) is 2. The molecular weight excluding hydrogens is 332 g/mol. The summed E-state index contributed by atoms with van der Waals surface area (Å²) in [5.41, 5.74) is 0. The molecule has 0 aliphatic heterocycles. The van der Waals surface area contributed by atoms with Gasteiger partial charge in [0.05, 0.1) is 0 Å². The van der Waals surface area contributed by atoms with Gasteiger partial charge in [-0.1, -0.05) is 103 Å². The average Bonchev–Trinajstić information content (AvgIpc) is 2.64. The first-order chi connectivity index (χ1) is 13.2. The minimum Gasteiger partial charge on any atom is -0.356 e. The van der Waals surface area contributed by atoms with Crippen molar-refractivity contribution in [2.24, 2.45) is 0 Å². The Morgan fingerprint density at radius 3 is 1.44 bits per heavy atom. The van der Waals surface area contributed by atoms with E-state index in [1.165, 1.54) is 96.3 Å². The highest BCUT2D eigenvalue weighted by Gasteiger charge is 2.01. The van der Waals surface area contributed by atoms with Crippen LogP contribution in [-0.4, -0.2) is 38.0 Å². The first-order valence-corrected chi connectivity index (χ1v) is 12.1. The molecule has 1 N–H and O–H groups in total. The summed E-state index contributed by atoms with van der Waals surface area (Å²) in [6.07, 6.45) is 23.8. The number of unbranched alkanes of at least 4 members (excludes halogenated alkanes) is 15. The van der Waals surface area contributed by atoms with Gasteiger partial charge in [-0.2, -0.15) is 0 Å². The fourth-order valence-electron chi connectivity index (χ4n) is 3.55. The van der Waals surface area contributed by atoms with Crippen molar-refractivity contribution in [3.05, 3.63) is 0 Å². The second-order valence-corrected chi connectivity index (χ2v) is 8.56. The molecule has 0 heterocycles. The van der Waals surface area contributed by atoms with E-state index in [-0.39, 0.29) is 5.91 Å². The molecule has 0 spiro atoms. The monoisotopic (exact) mass is 382 g/mol. The second-order valence-electron chi connectivity index (χ2n) is 8.56. The molecule has 0 bridgehead atoms. The predicted molar refractivity (Wildman–Crippen MR) is 120 cm³/mol. The van der Waals surface area contributed by atoms with Crippen molar-refractivity contribution in [2.45, 2.75) is 122 Å². The summed E-state index contributed by atoms with van der Waals surface area (Å²) in [6.45, 7) is 4.14. The molecule has 3 heteroatoms. The Labute approximate surface area is 171 Å². The maximum Gasteiger partial charge on any atom is 0.219 e. The maximum absolute atomic E-state index is 11.7. The summed E-state index contributed by atoms with van der Waals surface area (Å²) in [5, 5.41) is 3.02. The van der Waals surface area contributed by atoms with Gasteiger partial charge >= 0.3 is 0 Å². The third-order valence-electron chi connectivity index (χ3n) is 5.36. The summed E-state index contributed by atoms with van der Waals surface area (Å²) in [6, 6.07) is 0. The fraction of sp³-hybridized carbons (Fsp3) is 0.958. The molecule has 27 heavy (non-hydrogen) atoms. The molecule has 0 aliphatic rings. The summed E-state index contributed by atoms with van der Waals surface area (Å²) >= 11 is 0. The summed E-state index contributed by atoms with van der Waals surface area (Å²) in [7, 11) is 4.14. The highest BCUT2D eigenvalue weighted by atomic mass is 16.1. The summed E-state index contributed by atoms with van der Waals surface area (Å²) in [5.74, 6) is 0.235. The third kappa shape index (κ3) is 23.4. The first-order valence-electron chi connectivity index (χ1n) is 12.1. The molecule has 0 fully saturated rings. The molecular formula is C24H50N2O. The first kappa shape index (κ1) is 26.4. The van der Waals surface area contributed by atoms with Crippen LogP contribution in [0.4, 0.5) is 0 Å². The van der Waals surface area contributed by atoms with Gasteiger partial charge in [-0.05, 0) is 33.5 Å². The van der Waals surface area contributed by atoms with E-state index >= 15 is 0 Å². The van der Waals surface area contributed by atoms with Crippen LogP contribution in [-0.2, 0) is 4.79 Å². The van der Waals surface area contributed by atoms with E-state index in [0.29, 0.717) is 6.42 Å². The number of nitrogens with zero attached hydrogens (tertiary/aromatic N) is 1. The second kappa shape index (κ2) is 21.7. The standard InChI is InChI=1S/C24H50N2O/c1-4-5-6-7-8-9-10-11-12-13-14-15-16-17-18-19-21-24(27)25-22-20-23-26(2)3/h4-23H2,1-3H3,(H,25,27). The zero-order chi connectivity index (χ0) is 20.0. The van der Waals surface area contributed by atoms with Gasteiger partial charge in [0.2, 0.25) is 5.91 Å². The summed E-state index contributed by atoms with van der Waals surface area (Å²) < 4.78 is 0. The topological polar surface area (TPSA) is 32.3 Å². The molecule has 0 atom stereocenters. The molecule has 0 aromatic carbocycles. The van der Waals surface area contributed by atoms with Gasteiger partial charge in [-0.25, -0.2) is 0 Å². The van der Waals surface area contributed by atoms with Gasteiger partial charge in [-0.3, -0.25) is 4.79 Å². The van der Waals surface area contributed by atoms with Crippen LogP contribution in [0.3, 0.4) is 0 Å². The molecule has 0 aromatic rings. The Morgan fingerprint density at radius 2 is 1.04 bits per heavy atom. The van der Waals surface area contributed by atoms with Gasteiger partial charge < -0.3 is 10.2 Å². The quantitative estimate of drug-likeness (QED) is 0.224. The van der Waals surface area contributed by atoms with Crippen LogP contribution in [0.15, 0.2) is 0 Å². The van der Waals surface area contributed by atoms with Crippen LogP contribution in [0.5, 0.6) is 0 Å². The van der Waals surface area contributed by atoms with Gasteiger partial charge in [0.25, 0.3) is 0 Å². The largest absolute Gasteiger partial charge is 0.356 e. The Morgan fingerprint density at radius 1 is 0.630 bits per heavy atom. The zero-order valence-electron chi connectivity index (χ0n) is 19.0. The number of carbonyl (C=O) groups is 1. The van der Waals surface area contributed by atoms with Crippen LogP contribution >= 0.6 is 0 Å². The SMILES string of the molecule is CCCCCCCCCCCCCCCCCCC(=O)NCCCN(C)C. The number of rotatable bonds is 21. The number of hydrogen-bond donors (Lipinski definition) is 1. The van der Waals surface area contributed by atoms with Gasteiger partial charge in [-0.15, -0.1) is 0 Å². The molecule has 0 saturated heterocycles. The predicted octanol–water partition coefficient (Wildman–Crippen LogP) is 6.71. The Balaban J connectivity index is 3.11. The lowest BCUT2D eigenvalue weighted by Gasteiger charge is -2.09. The maximum atomic E-state index is 11.7.